The monoisotopic (exact) mass is 729 g/mol. The Morgan fingerprint density at radius 1 is 0.250 bits per heavy atom. The molecule has 1 heterocycles. The lowest BCUT2D eigenvalue weighted by Crippen LogP contribution is -2.39. The van der Waals surface area contributed by atoms with Crippen LogP contribution in [0.15, 0.2) is 12.4 Å². The van der Waals surface area contributed by atoms with E-state index in [1.807, 2.05) is 0 Å². The molecule has 1 aliphatic rings. The minimum absolute atomic E-state index is 0.636. The van der Waals surface area contributed by atoms with E-state index in [0.717, 1.165) is 0 Å². The molecule has 0 radical (unpaired) electrons. The Balaban J connectivity index is 2.18. The lowest BCUT2D eigenvalue weighted by Gasteiger charge is -2.33. The molecule has 0 saturated carbocycles. The Labute approximate surface area is 330 Å². The van der Waals surface area contributed by atoms with E-state index in [-0.39, 0.29) is 0 Å². The Bertz CT molecular complexity index is 644. The smallest absolute Gasteiger partial charge is 0.101 e. The van der Waals surface area contributed by atoms with Crippen LogP contribution in [0.25, 0.3) is 0 Å². The molecule has 0 aromatic heterocycles. The highest BCUT2D eigenvalue weighted by Crippen LogP contribution is 2.24. The maximum absolute atomic E-state index is 2.74. The molecule has 0 bridgehead atoms. The summed E-state index contributed by atoms with van der Waals surface area (Å²) in [6.45, 7) is 9.50. The van der Waals surface area contributed by atoms with Crippen molar-refractivity contribution in [2.24, 2.45) is 0 Å². The fraction of sp³-hybridized carbons (Fsp3) is 0.960. The standard InChI is InChI=1S/C50H100N2/c1-4-7-10-13-16-19-22-24-26-28-31-34-37-40-43-46-51-48-49-52(50(51)45-42-39-36-33-30-21-18-15-12-9-6-3)47-44-41-38-35-32-29-27-25-23-20-17-14-11-8-5-2/h48-50H,4-47H2,1-3H3. The fourth-order valence-corrected chi connectivity index (χ4v) is 8.66. The summed E-state index contributed by atoms with van der Waals surface area (Å²) in [6.07, 6.45) is 66.4. The van der Waals surface area contributed by atoms with Gasteiger partial charge in [0, 0.05) is 25.5 Å². The molecule has 0 atom stereocenters. The van der Waals surface area contributed by atoms with Gasteiger partial charge in [-0.15, -0.1) is 0 Å². The number of unbranched alkanes of at least 4 members (excludes halogenated alkanes) is 38. The van der Waals surface area contributed by atoms with Gasteiger partial charge >= 0.3 is 0 Å². The van der Waals surface area contributed by atoms with Crippen LogP contribution in [0.1, 0.15) is 290 Å². The highest BCUT2D eigenvalue weighted by molar-refractivity contribution is 4.97. The second kappa shape index (κ2) is 41.5. The average Bonchev–Trinajstić information content (AvgIpc) is 3.54. The number of hydrogen-bond acceptors (Lipinski definition) is 2. The van der Waals surface area contributed by atoms with Gasteiger partial charge in [-0.25, -0.2) is 0 Å². The van der Waals surface area contributed by atoms with Crippen LogP contribution in [0.5, 0.6) is 0 Å². The van der Waals surface area contributed by atoms with Crippen molar-refractivity contribution in [3.8, 4) is 0 Å². The highest BCUT2D eigenvalue weighted by Gasteiger charge is 2.24. The summed E-state index contributed by atoms with van der Waals surface area (Å²) in [5, 5.41) is 0. The van der Waals surface area contributed by atoms with Crippen molar-refractivity contribution in [2.75, 3.05) is 13.1 Å². The molecular formula is C50H100N2. The van der Waals surface area contributed by atoms with Crippen LogP contribution in [0.3, 0.4) is 0 Å². The van der Waals surface area contributed by atoms with Crippen molar-refractivity contribution >= 4 is 0 Å². The van der Waals surface area contributed by atoms with Crippen LogP contribution in [-0.2, 0) is 0 Å². The third-order valence-corrected chi connectivity index (χ3v) is 12.3. The first-order valence-electron chi connectivity index (χ1n) is 25.0. The first-order valence-corrected chi connectivity index (χ1v) is 25.0. The van der Waals surface area contributed by atoms with Gasteiger partial charge in [0.2, 0.25) is 0 Å². The SMILES string of the molecule is CCCCCCCCCCCCCCCCCN1C=CN(CCCCCCCCCCCCCCCCC)C1CCCCCCCCCCCCC. The Hall–Kier alpha value is -0.660. The van der Waals surface area contributed by atoms with Crippen molar-refractivity contribution in [1.82, 2.24) is 9.80 Å². The van der Waals surface area contributed by atoms with Crippen LogP contribution in [0.4, 0.5) is 0 Å². The summed E-state index contributed by atoms with van der Waals surface area (Å²) in [7, 11) is 0. The van der Waals surface area contributed by atoms with Gasteiger partial charge in [0.05, 0.1) is 0 Å². The van der Waals surface area contributed by atoms with E-state index in [2.05, 4.69) is 43.0 Å². The zero-order chi connectivity index (χ0) is 37.3. The summed E-state index contributed by atoms with van der Waals surface area (Å²) in [5.74, 6) is 0. The predicted octanol–water partition coefficient (Wildman–Crippen LogP) is 17.8. The third kappa shape index (κ3) is 32.7. The first kappa shape index (κ1) is 49.4. The van der Waals surface area contributed by atoms with E-state index in [4.69, 9.17) is 0 Å². The van der Waals surface area contributed by atoms with Gasteiger partial charge in [-0.1, -0.05) is 265 Å². The predicted molar refractivity (Wildman–Crippen MR) is 237 cm³/mol. The minimum Gasteiger partial charge on any atom is -0.356 e. The molecule has 1 aliphatic heterocycles. The highest BCUT2D eigenvalue weighted by atomic mass is 15.4. The topological polar surface area (TPSA) is 6.48 Å². The summed E-state index contributed by atoms with van der Waals surface area (Å²) < 4.78 is 0. The maximum atomic E-state index is 2.74. The molecule has 0 saturated heterocycles. The van der Waals surface area contributed by atoms with E-state index < -0.39 is 0 Å². The first-order chi connectivity index (χ1) is 25.8. The van der Waals surface area contributed by atoms with Gasteiger partial charge in [0.1, 0.15) is 6.17 Å². The molecule has 52 heavy (non-hydrogen) atoms. The van der Waals surface area contributed by atoms with E-state index >= 15 is 0 Å². The molecule has 0 aromatic carbocycles. The molecule has 0 aromatic rings. The fourth-order valence-electron chi connectivity index (χ4n) is 8.66. The Kier molecular flexibility index (Phi) is 39.4. The van der Waals surface area contributed by atoms with E-state index in [1.54, 1.807) is 0 Å². The molecule has 310 valence electrons. The molecule has 0 unspecified atom stereocenters. The van der Waals surface area contributed by atoms with Crippen molar-refractivity contribution in [2.45, 2.75) is 297 Å². The molecule has 0 N–H and O–H groups in total. The molecule has 0 fully saturated rings. The van der Waals surface area contributed by atoms with Crippen LogP contribution >= 0.6 is 0 Å². The van der Waals surface area contributed by atoms with Gasteiger partial charge in [0.25, 0.3) is 0 Å². The van der Waals surface area contributed by atoms with Gasteiger partial charge in [0.15, 0.2) is 0 Å². The maximum Gasteiger partial charge on any atom is 0.101 e. The van der Waals surface area contributed by atoms with Crippen LogP contribution in [0, 0.1) is 0 Å². The lowest BCUT2D eigenvalue weighted by molar-refractivity contribution is 0.135. The zero-order valence-corrected chi connectivity index (χ0v) is 36.7. The summed E-state index contributed by atoms with van der Waals surface area (Å²) in [5.41, 5.74) is 0. The number of nitrogens with zero attached hydrogens (tertiary/aromatic N) is 2. The van der Waals surface area contributed by atoms with E-state index in [0.29, 0.717) is 6.17 Å². The largest absolute Gasteiger partial charge is 0.356 e. The third-order valence-electron chi connectivity index (χ3n) is 12.3. The molecular weight excluding hydrogens is 629 g/mol. The number of hydrogen-bond donors (Lipinski definition) is 0. The van der Waals surface area contributed by atoms with Gasteiger partial charge < -0.3 is 9.80 Å². The number of rotatable bonds is 44. The Morgan fingerprint density at radius 3 is 0.673 bits per heavy atom. The van der Waals surface area contributed by atoms with Gasteiger partial charge in [-0.3, -0.25) is 0 Å². The van der Waals surface area contributed by atoms with Crippen molar-refractivity contribution in [3.63, 3.8) is 0 Å². The minimum atomic E-state index is 0.636. The summed E-state index contributed by atoms with van der Waals surface area (Å²) in [6, 6.07) is 0. The molecule has 0 aliphatic carbocycles. The van der Waals surface area contributed by atoms with Crippen LogP contribution in [0.2, 0.25) is 0 Å². The Morgan fingerprint density at radius 2 is 0.442 bits per heavy atom. The normalized spacial score (nSPS) is 13.4. The zero-order valence-electron chi connectivity index (χ0n) is 36.7. The van der Waals surface area contributed by atoms with Crippen molar-refractivity contribution < 1.29 is 0 Å². The van der Waals surface area contributed by atoms with E-state index in [1.165, 1.54) is 283 Å². The quantitative estimate of drug-likeness (QED) is 0.0576. The van der Waals surface area contributed by atoms with Gasteiger partial charge in [-0.2, -0.15) is 0 Å². The second-order valence-corrected chi connectivity index (χ2v) is 17.5. The summed E-state index contributed by atoms with van der Waals surface area (Å²) >= 11 is 0. The lowest BCUT2D eigenvalue weighted by atomic mass is 10.0. The van der Waals surface area contributed by atoms with E-state index in [9.17, 15) is 0 Å². The van der Waals surface area contributed by atoms with Gasteiger partial charge in [-0.05, 0) is 25.7 Å². The molecule has 2 heteroatoms. The molecule has 0 amide bonds. The summed E-state index contributed by atoms with van der Waals surface area (Å²) in [4.78, 5) is 5.48. The molecule has 0 spiro atoms. The van der Waals surface area contributed by atoms with Crippen LogP contribution in [-0.4, -0.2) is 29.1 Å². The van der Waals surface area contributed by atoms with Crippen molar-refractivity contribution in [1.29, 1.82) is 0 Å². The van der Waals surface area contributed by atoms with Crippen molar-refractivity contribution in [3.05, 3.63) is 12.4 Å². The van der Waals surface area contributed by atoms with Crippen LogP contribution < -0.4 is 0 Å². The second-order valence-electron chi connectivity index (χ2n) is 17.5. The molecule has 2 nitrogen and oxygen atoms in total. The average molecular weight is 729 g/mol. The molecule has 1 rings (SSSR count).